The summed E-state index contributed by atoms with van der Waals surface area (Å²) in [6.45, 7) is 7.96. The fourth-order valence-corrected chi connectivity index (χ4v) is 7.10. The number of ketones is 1. The summed E-state index contributed by atoms with van der Waals surface area (Å²) in [5.41, 5.74) is 3.53. The molecule has 2 aliphatic rings. The van der Waals surface area contributed by atoms with E-state index in [9.17, 15) is 18.5 Å². The Morgan fingerprint density at radius 1 is 1.09 bits per heavy atom. The number of ether oxygens (including phenoxy) is 3. The molecule has 0 saturated heterocycles. The maximum absolute atomic E-state index is 13.6. The van der Waals surface area contributed by atoms with Crippen LogP contribution in [0.1, 0.15) is 76.8 Å². The molecule has 3 unspecified atom stereocenters. The van der Waals surface area contributed by atoms with Crippen molar-refractivity contribution in [2.24, 2.45) is 16.8 Å². The third-order valence-corrected chi connectivity index (χ3v) is 9.28. The molecule has 2 aromatic rings. The minimum absolute atomic E-state index is 0.00868. The summed E-state index contributed by atoms with van der Waals surface area (Å²) in [4.78, 5) is 18.4. The second-order valence-electron chi connectivity index (χ2n) is 11.1. The van der Waals surface area contributed by atoms with Crippen molar-refractivity contribution in [2.45, 2.75) is 72.3 Å². The molecule has 0 spiro atoms. The lowest BCUT2D eigenvalue weighted by Crippen LogP contribution is -2.33. The van der Waals surface area contributed by atoms with Crippen molar-refractivity contribution < 1.29 is 27.4 Å². The largest absolute Gasteiger partial charge is 0.497 e. The van der Waals surface area contributed by atoms with Crippen LogP contribution in [-0.4, -0.2) is 39.4 Å². The van der Waals surface area contributed by atoms with E-state index in [1.165, 1.54) is 0 Å². The molecule has 4 rings (SSSR count). The number of allylic oxidation sites excluding steroid dienone is 2. The predicted molar refractivity (Wildman–Crippen MR) is 167 cm³/mol. The lowest BCUT2D eigenvalue weighted by atomic mass is 9.70. The Balaban J connectivity index is 1.86. The molecule has 0 amide bonds. The van der Waals surface area contributed by atoms with E-state index in [0.29, 0.717) is 54.2 Å². The maximum atomic E-state index is 13.6. The van der Waals surface area contributed by atoms with Crippen LogP contribution in [0, 0.1) is 23.2 Å². The normalized spacial score (nSPS) is 20.1. The number of sulfonamides is 1. The average Bonchev–Trinajstić information content (AvgIpc) is 2.96. The number of nitrogens with zero attached hydrogens (tertiary/aromatic N) is 2. The molecule has 0 bridgehead atoms. The van der Waals surface area contributed by atoms with Crippen LogP contribution in [-0.2, 0) is 21.4 Å². The van der Waals surface area contributed by atoms with E-state index in [2.05, 4.69) is 17.7 Å². The summed E-state index contributed by atoms with van der Waals surface area (Å²) in [6.07, 6.45) is 3.42. The summed E-state index contributed by atoms with van der Waals surface area (Å²) >= 11 is 0. The third kappa shape index (κ3) is 7.39. The number of hydrogen-bond acceptors (Lipinski definition) is 8. The van der Waals surface area contributed by atoms with Gasteiger partial charge in [-0.05, 0) is 74.4 Å². The lowest BCUT2D eigenvalue weighted by molar-refractivity contribution is -0.117. The molecule has 9 nitrogen and oxygen atoms in total. The zero-order valence-electron chi connectivity index (χ0n) is 25.6. The Bertz CT molecular complexity index is 1560. The van der Waals surface area contributed by atoms with Gasteiger partial charge >= 0.3 is 0 Å². The fourth-order valence-electron chi connectivity index (χ4n) is 5.97. The topological polar surface area (TPSA) is 127 Å². The number of nitriles is 1. The van der Waals surface area contributed by atoms with E-state index in [-0.39, 0.29) is 35.5 Å². The number of rotatable bonds is 13. The molecule has 1 aliphatic heterocycles. The van der Waals surface area contributed by atoms with Crippen LogP contribution in [0.25, 0.3) is 0 Å². The zero-order chi connectivity index (χ0) is 31.1. The second kappa shape index (κ2) is 14.1. The highest BCUT2D eigenvalue weighted by molar-refractivity contribution is 7.92. The van der Waals surface area contributed by atoms with Crippen molar-refractivity contribution in [1.29, 1.82) is 5.26 Å². The highest BCUT2D eigenvalue weighted by Crippen LogP contribution is 2.48. The lowest BCUT2D eigenvalue weighted by Gasteiger charge is -2.35. The van der Waals surface area contributed by atoms with Crippen molar-refractivity contribution in [1.82, 2.24) is 0 Å². The quantitative estimate of drug-likeness (QED) is 0.273. The van der Waals surface area contributed by atoms with Crippen LogP contribution in [0.2, 0.25) is 0 Å². The van der Waals surface area contributed by atoms with Crippen molar-refractivity contribution in [3.63, 3.8) is 0 Å². The van der Waals surface area contributed by atoms with Gasteiger partial charge < -0.3 is 14.2 Å². The number of carbonyl (C=O) groups excluding carboxylic acids is 1. The van der Waals surface area contributed by atoms with Crippen molar-refractivity contribution in [2.75, 3.05) is 24.2 Å². The maximum Gasteiger partial charge on any atom is 0.232 e. The minimum Gasteiger partial charge on any atom is -0.497 e. The smallest absolute Gasteiger partial charge is 0.232 e. The van der Waals surface area contributed by atoms with Crippen LogP contribution in [0.5, 0.6) is 17.2 Å². The van der Waals surface area contributed by atoms with Gasteiger partial charge in [-0.1, -0.05) is 32.4 Å². The number of hydrogen-bond donors (Lipinski definition) is 1. The van der Waals surface area contributed by atoms with Gasteiger partial charge in [0.2, 0.25) is 10.0 Å². The van der Waals surface area contributed by atoms with Crippen molar-refractivity contribution >= 4 is 27.2 Å². The number of nitrogens with one attached hydrogen (secondary N) is 1. The van der Waals surface area contributed by atoms with E-state index < -0.39 is 21.9 Å². The summed E-state index contributed by atoms with van der Waals surface area (Å²) < 4.78 is 46.4. The Kier molecular flexibility index (Phi) is 10.5. The molecular weight excluding hydrogens is 566 g/mol. The fraction of sp³-hybridized carbons (Fsp3) is 0.485. The van der Waals surface area contributed by atoms with Gasteiger partial charge in [0, 0.05) is 29.3 Å². The monoisotopic (exact) mass is 607 g/mol. The summed E-state index contributed by atoms with van der Waals surface area (Å²) in [5.74, 6) is 0.0413. The highest BCUT2D eigenvalue weighted by Gasteiger charge is 2.41. The van der Waals surface area contributed by atoms with Gasteiger partial charge in [0.15, 0.2) is 17.3 Å². The zero-order valence-corrected chi connectivity index (χ0v) is 26.4. The predicted octanol–water partition coefficient (Wildman–Crippen LogP) is 6.56. The summed E-state index contributed by atoms with van der Waals surface area (Å²) in [6, 6.07) is 13.2. The van der Waals surface area contributed by atoms with Gasteiger partial charge in [-0.25, -0.2) is 8.42 Å². The number of aliphatic imine (C=N–C) groups is 1. The van der Waals surface area contributed by atoms with Crippen LogP contribution in [0.3, 0.4) is 0 Å². The first kappa shape index (κ1) is 32.1. The van der Waals surface area contributed by atoms with Crippen LogP contribution in [0.4, 0.5) is 5.69 Å². The Morgan fingerprint density at radius 3 is 2.56 bits per heavy atom. The molecule has 0 fully saturated rings. The third-order valence-electron chi connectivity index (χ3n) is 7.80. The molecule has 230 valence electrons. The molecule has 43 heavy (non-hydrogen) atoms. The molecule has 1 aliphatic carbocycles. The van der Waals surface area contributed by atoms with Crippen molar-refractivity contribution in [3.05, 3.63) is 58.8 Å². The van der Waals surface area contributed by atoms with Crippen LogP contribution >= 0.6 is 0 Å². The Hall–Kier alpha value is -3.84. The van der Waals surface area contributed by atoms with Gasteiger partial charge in [0.25, 0.3) is 0 Å². The molecule has 2 aromatic carbocycles. The Morgan fingerprint density at radius 2 is 1.88 bits per heavy atom. The molecule has 3 atom stereocenters. The molecule has 10 heteroatoms. The van der Waals surface area contributed by atoms with E-state index in [4.69, 9.17) is 19.2 Å². The van der Waals surface area contributed by atoms with Gasteiger partial charge in [-0.15, -0.1) is 0 Å². The van der Waals surface area contributed by atoms with E-state index in [0.717, 1.165) is 24.1 Å². The van der Waals surface area contributed by atoms with Crippen LogP contribution in [0.15, 0.2) is 52.7 Å². The van der Waals surface area contributed by atoms with Crippen molar-refractivity contribution in [3.8, 4) is 23.3 Å². The molecule has 1 heterocycles. The summed E-state index contributed by atoms with van der Waals surface area (Å²) in [5, 5.41) is 10.3. The SMILES string of the molecule is CCCC1CC(=O)C2=C(C1)N=C(C)C(C#N)C2c1cc(NS(=O)(=O)CCC)c(OCc2cccc(OC)c2)c(OCC)c1. The number of Topliss-reactive ketones (excluding diaryl/α,β-unsaturated/α-hetero) is 1. The molecule has 0 aromatic heterocycles. The highest BCUT2D eigenvalue weighted by atomic mass is 32.2. The first-order valence-electron chi connectivity index (χ1n) is 14.9. The number of methoxy groups -OCH3 is 1. The second-order valence-corrected chi connectivity index (χ2v) is 12.9. The first-order chi connectivity index (χ1) is 20.6. The molecule has 1 N–H and O–H groups in total. The van der Waals surface area contributed by atoms with Gasteiger partial charge in [0.1, 0.15) is 12.4 Å². The van der Waals surface area contributed by atoms with Gasteiger partial charge in [0.05, 0.1) is 37.1 Å². The van der Waals surface area contributed by atoms with E-state index >= 15 is 0 Å². The molecule has 0 saturated carbocycles. The standard InChI is InChI=1S/C33H41N3O6S/c1-6-10-22-15-27-32(29(37)16-22)31(26(19-34)21(4)35-27)24-17-28(36-43(38,39)13-7-2)33(30(18-24)41-8-3)42-20-23-11-9-12-25(14-23)40-5/h9,11-12,14,17-18,22,26,31,36H,6-8,10,13,15-16,20H2,1-5H3. The number of carbonyl (C=O) groups is 1. The van der Waals surface area contributed by atoms with E-state index in [1.54, 1.807) is 26.2 Å². The minimum atomic E-state index is -3.73. The molecular formula is C33H41N3O6S. The number of benzene rings is 2. The average molecular weight is 608 g/mol. The van der Waals surface area contributed by atoms with Gasteiger partial charge in [-0.2, -0.15) is 5.26 Å². The summed E-state index contributed by atoms with van der Waals surface area (Å²) in [7, 11) is -2.15. The Labute approximate surface area is 255 Å². The van der Waals surface area contributed by atoms with Crippen LogP contribution < -0.4 is 18.9 Å². The van der Waals surface area contributed by atoms with E-state index in [1.807, 2.05) is 38.1 Å². The molecule has 0 radical (unpaired) electrons. The first-order valence-corrected chi connectivity index (χ1v) is 16.6. The number of anilines is 1. The van der Waals surface area contributed by atoms with Gasteiger partial charge in [-0.3, -0.25) is 14.5 Å².